The number of nitrogens with two attached hydrogens (primary N) is 1. The fourth-order valence-electron chi connectivity index (χ4n) is 8.20. The van der Waals surface area contributed by atoms with Crippen LogP contribution in [0.1, 0.15) is 93.1 Å². The van der Waals surface area contributed by atoms with Crippen molar-refractivity contribution in [3.8, 4) is 0 Å². The molecule has 12 nitrogen and oxygen atoms in total. The molecular formula is C37H57N5O7S. The molecule has 3 fully saturated rings. The zero-order valence-corrected chi connectivity index (χ0v) is 31.7. The van der Waals surface area contributed by atoms with E-state index in [4.69, 9.17) is 5.73 Å². The Morgan fingerprint density at radius 2 is 1.62 bits per heavy atom. The maximum absolute atomic E-state index is 14.4. The smallest absolute Gasteiger partial charge is 0.315 e. The summed E-state index contributed by atoms with van der Waals surface area (Å²) >= 11 is 0. The Bertz CT molecular complexity index is 1570. The number of hydrogen-bond donors (Lipinski definition) is 4. The molecule has 1 heterocycles. The van der Waals surface area contributed by atoms with Crippen molar-refractivity contribution in [2.45, 2.75) is 117 Å². The molecule has 4 rings (SSSR count). The molecule has 5 amide bonds. The third-order valence-electron chi connectivity index (χ3n) is 10.9. The number of ketones is 1. The van der Waals surface area contributed by atoms with Crippen molar-refractivity contribution >= 4 is 39.4 Å². The number of nitrogens with zero attached hydrogens (tertiary/aromatic N) is 1. The lowest BCUT2D eigenvalue weighted by atomic mass is 9.80. The van der Waals surface area contributed by atoms with E-state index in [1.54, 1.807) is 31.2 Å². The van der Waals surface area contributed by atoms with Crippen LogP contribution in [0.25, 0.3) is 0 Å². The molecule has 0 radical (unpaired) electrons. The quantitative estimate of drug-likeness (QED) is 0.201. The molecule has 0 aromatic heterocycles. The number of urea groups is 1. The molecule has 0 bridgehead atoms. The van der Waals surface area contributed by atoms with E-state index in [9.17, 15) is 32.4 Å². The minimum absolute atomic E-state index is 0.0396. The van der Waals surface area contributed by atoms with Crippen LogP contribution in [0.3, 0.4) is 0 Å². The van der Waals surface area contributed by atoms with Gasteiger partial charge in [-0.3, -0.25) is 19.2 Å². The predicted octanol–water partition coefficient (Wildman–Crippen LogP) is 3.33. The van der Waals surface area contributed by atoms with Gasteiger partial charge < -0.3 is 26.6 Å². The molecule has 13 heteroatoms. The van der Waals surface area contributed by atoms with Gasteiger partial charge in [-0.25, -0.2) is 13.2 Å². The van der Waals surface area contributed by atoms with Crippen LogP contribution < -0.4 is 21.7 Å². The summed E-state index contributed by atoms with van der Waals surface area (Å²) in [6.45, 7) is 15.4. The van der Waals surface area contributed by atoms with Gasteiger partial charge in [0.15, 0.2) is 9.84 Å². The highest BCUT2D eigenvalue weighted by atomic mass is 32.2. The number of sulfone groups is 1. The maximum atomic E-state index is 14.4. The van der Waals surface area contributed by atoms with E-state index in [1.165, 1.54) is 4.90 Å². The molecule has 2 saturated carbocycles. The fourth-order valence-corrected chi connectivity index (χ4v) is 10.2. The molecule has 278 valence electrons. The van der Waals surface area contributed by atoms with E-state index >= 15 is 0 Å². The number of fused-ring (bicyclic) bond motifs is 1. The highest BCUT2D eigenvalue weighted by Crippen LogP contribution is 2.65. The standard InChI is InChI=1S/C37H57N5O7S/c1-22(2)18-37(8,21-50(48,49)20-24-13-10-9-11-14-24)41-34(47)40-30(35(3,4)5)33(46)42-19-25-27(36(25,6)7)28(42)32(45)39-26(29(43)31(38)44)17-23-15-12-16-23/h9-11,13-14,22-23,25-28,30H,12,15-21H2,1-8H3,(H2,38,44)(H,39,45)(H2,40,41,47)/t25-,26?,27?,28-,30+,37?/m0/s1. The van der Waals surface area contributed by atoms with Crippen LogP contribution >= 0.6 is 0 Å². The van der Waals surface area contributed by atoms with Crippen LogP contribution in [0.15, 0.2) is 30.3 Å². The molecule has 50 heavy (non-hydrogen) atoms. The van der Waals surface area contributed by atoms with E-state index in [2.05, 4.69) is 16.0 Å². The second kappa shape index (κ2) is 14.6. The third-order valence-corrected chi connectivity index (χ3v) is 12.7. The lowest BCUT2D eigenvalue weighted by molar-refractivity contribution is -0.145. The van der Waals surface area contributed by atoms with Gasteiger partial charge in [0, 0.05) is 6.54 Å². The summed E-state index contributed by atoms with van der Waals surface area (Å²) in [6.07, 6.45) is 3.52. The second-order valence-corrected chi connectivity index (χ2v) is 19.3. The Balaban J connectivity index is 1.53. The van der Waals surface area contributed by atoms with Gasteiger partial charge in [0.2, 0.25) is 17.6 Å². The van der Waals surface area contributed by atoms with Gasteiger partial charge in [0.1, 0.15) is 12.1 Å². The van der Waals surface area contributed by atoms with Gasteiger partial charge in [-0.15, -0.1) is 0 Å². The van der Waals surface area contributed by atoms with E-state index in [1.807, 2.05) is 54.5 Å². The number of carbonyl (C=O) groups excluding carboxylic acids is 5. The first-order chi connectivity index (χ1) is 23.0. The van der Waals surface area contributed by atoms with Crippen molar-refractivity contribution in [3.63, 3.8) is 0 Å². The maximum Gasteiger partial charge on any atom is 0.315 e. The lowest BCUT2D eigenvalue weighted by Crippen LogP contribution is -2.63. The molecule has 2 aliphatic carbocycles. The summed E-state index contributed by atoms with van der Waals surface area (Å²) in [5.41, 5.74) is 3.85. The first-order valence-electron chi connectivity index (χ1n) is 17.8. The van der Waals surface area contributed by atoms with E-state index in [-0.39, 0.29) is 40.6 Å². The summed E-state index contributed by atoms with van der Waals surface area (Å²) in [4.78, 5) is 68.3. The molecule has 3 aliphatic rings. The fraction of sp³-hybridized carbons (Fsp3) is 0.703. The Labute approximate surface area is 297 Å². The number of piperidine rings is 1. The summed E-state index contributed by atoms with van der Waals surface area (Å²) < 4.78 is 26.7. The monoisotopic (exact) mass is 715 g/mol. The van der Waals surface area contributed by atoms with Crippen LogP contribution in [-0.4, -0.2) is 78.8 Å². The number of nitrogens with one attached hydrogen (secondary N) is 3. The van der Waals surface area contributed by atoms with Crippen LogP contribution in [0.2, 0.25) is 0 Å². The number of amides is 5. The predicted molar refractivity (Wildman–Crippen MR) is 191 cm³/mol. The molecule has 1 aromatic carbocycles. The van der Waals surface area contributed by atoms with Crippen molar-refractivity contribution in [2.24, 2.45) is 40.2 Å². The van der Waals surface area contributed by atoms with Crippen LogP contribution in [0, 0.1) is 34.5 Å². The summed E-state index contributed by atoms with van der Waals surface area (Å²) in [7, 11) is -3.64. The lowest BCUT2D eigenvalue weighted by Gasteiger charge is -2.39. The minimum atomic E-state index is -3.64. The van der Waals surface area contributed by atoms with Crippen LogP contribution in [-0.2, 0) is 34.8 Å². The van der Waals surface area contributed by atoms with Gasteiger partial charge in [-0.2, -0.15) is 0 Å². The number of primary amides is 1. The highest BCUT2D eigenvalue weighted by Gasteiger charge is 2.70. The molecule has 1 aromatic rings. The SMILES string of the molecule is CC(C)CC(C)(CS(=O)(=O)Cc1ccccc1)NC(=O)N[C@H](C(=O)N1C[C@H]2C([C@H]1C(=O)NC(CC1CCC1)C(=O)C(N)=O)C2(C)C)C(C)(C)C. The summed E-state index contributed by atoms with van der Waals surface area (Å²) in [5, 5.41) is 8.52. The van der Waals surface area contributed by atoms with Gasteiger partial charge in [-0.05, 0) is 59.8 Å². The number of carbonyl (C=O) groups is 5. The first-order valence-corrected chi connectivity index (χ1v) is 19.6. The zero-order valence-electron chi connectivity index (χ0n) is 30.9. The number of rotatable bonds is 15. The first kappa shape index (κ1) is 39.3. The van der Waals surface area contributed by atoms with Gasteiger partial charge in [0.05, 0.1) is 23.1 Å². The van der Waals surface area contributed by atoms with Crippen molar-refractivity contribution in [3.05, 3.63) is 35.9 Å². The number of likely N-dealkylation sites (tertiary alicyclic amines) is 1. The summed E-state index contributed by atoms with van der Waals surface area (Å²) in [6, 6.07) is 5.14. The van der Waals surface area contributed by atoms with Gasteiger partial charge in [-0.1, -0.05) is 98.1 Å². The number of hydrogen-bond acceptors (Lipinski definition) is 7. The van der Waals surface area contributed by atoms with Crippen molar-refractivity contribution in [1.82, 2.24) is 20.9 Å². The number of Topliss-reactive ketones (excluding diaryl/α,β-unsaturated/α-hetero) is 1. The average molecular weight is 716 g/mol. The Kier molecular flexibility index (Phi) is 11.5. The molecule has 5 N–H and O–H groups in total. The number of benzene rings is 1. The normalized spacial score (nSPS) is 23.9. The second-order valence-electron chi connectivity index (χ2n) is 17.3. The highest BCUT2D eigenvalue weighted by molar-refractivity contribution is 7.90. The van der Waals surface area contributed by atoms with Crippen molar-refractivity contribution in [1.29, 1.82) is 0 Å². The largest absolute Gasteiger partial charge is 0.363 e. The van der Waals surface area contributed by atoms with E-state index in [0.29, 0.717) is 24.9 Å². The molecule has 1 aliphatic heterocycles. The van der Waals surface area contributed by atoms with E-state index in [0.717, 1.165) is 19.3 Å². The minimum Gasteiger partial charge on any atom is -0.363 e. The Morgan fingerprint density at radius 3 is 2.14 bits per heavy atom. The van der Waals surface area contributed by atoms with Gasteiger partial charge >= 0.3 is 6.03 Å². The topological polar surface area (TPSA) is 185 Å². The Morgan fingerprint density at radius 1 is 1.00 bits per heavy atom. The van der Waals surface area contributed by atoms with Crippen LogP contribution in [0.5, 0.6) is 0 Å². The summed E-state index contributed by atoms with van der Waals surface area (Å²) in [5.74, 6) is -3.26. The third kappa shape index (κ3) is 9.24. The molecule has 3 unspecified atom stereocenters. The molecule has 0 spiro atoms. The van der Waals surface area contributed by atoms with Gasteiger partial charge in [0.25, 0.3) is 5.91 Å². The van der Waals surface area contributed by atoms with Crippen molar-refractivity contribution < 1.29 is 32.4 Å². The average Bonchev–Trinajstić information content (AvgIpc) is 3.27. The van der Waals surface area contributed by atoms with E-state index < -0.39 is 68.5 Å². The van der Waals surface area contributed by atoms with Crippen molar-refractivity contribution in [2.75, 3.05) is 12.3 Å². The Hall–Kier alpha value is -3.48. The molecular weight excluding hydrogens is 659 g/mol. The zero-order chi connectivity index (χ0) is 37.4. The molecule has 1 saturated heterocycles. The molecule has 6 atom stereocenters. The van der Waals surface area contributed by atoms with Crippen LogP contribution in [0.4, 0.5) is 4.79 Å².